The zero-order chi connectivity index (χ0) is 27.9. The van der Waals surface area contributed by atoms with E-state index >= 15 is 0 Å². The molecule has 3 rings (SSSR count). The first-order chi connectivity index (χ1) is 18.0. The van der Waals surface area contributed by atoms with Crippen LogP contribution in [0.2, 0.25) is 0 Å². The maximum Gasteiger partial charge on any atom is 0.264 e. The first-order valence-electron chi connectivity index (χ1n) is 12.5. The van der Waals surface area contributed by atoms with E-state index < -0.39 is 28.5 Å². The summed E-state index contributed by atoms with van der Waals surface area (Å²) in [4.78, 5) is 28.6. The van der Waals surface area contributed by atoms with E-state index in [4.69, 9.17) is 0 Å². The summed E-state index contributed by atoms with van der Waals surface area (Å²) < 4.78 is 29.5. The Bertz CT molecular complexity index is 1330. The topological polar surface area (TPSA) is 86.8 Å². The molecule has 0 spiro atoms. The largest absolute Gasteiger partial charge is 0.352 e. The van der Waals surface area contributed by atoms with Crippen molar-refractivity contribution in [3.63, 3.8) is 0 Å². The molecule has 1 N–H and O–H groups in total. The molecule has 202 valence electrons. The van der Waals surface area contributed by atoms with Crippen LogP contribution in [0.4, 0.5) is 5.69 Å². The smallest absolute Gasteiger partial charge is 0.264 e. The number of carbonyl (C=O) groups is 2. The molecule has 1 unspecified atom stereocenters. The van der Waals surface area contributed by atoms with Gasteiger partial charge in [0, 0.05) is 17.1 Å². The van der Waals surface area contributed by atoms with Crippen molar-refractivity contribution in [2.24, 2.45) is 0 Å². The average Bonchev–Trinajstić information content (AvgIpc) is 2.88. The van der Waals surface area contributed by atoms with Gasteiger partial charge in [0.15, 0.2) is 0 Å². The fraction of sp³-hybridized carbons (Fsp3) is 0.310. The Morgan fingerprint density at radius 2 is 1.53 bits per heavy atom. The molecule has 0 aliphatic rings. The second-order valence-corrected chi connectivity index (χ2v) is 12.2. The summed E-state index contributed by atoms with van der Waals surface area (Å²) in [6.45, 7) is 7.14. The second-order valence-electron chi connectivity index (χ2n) is 9.40. The van der Waals surface area contributed by atoms with Gasteiger partial charge in [0.1, 0.15) is 12.6 Å². The van der Waals surface area contributed by atoms with E-state index in [1.807, 2.05) is 58.0 Å². The molecule has 0 radical (unpaired) electrons. The Hall–Kier alpha value is -3.17. The van der Waals surface area contributed by atoms with E-state index in [-0.39, 0.29) is 23.4 Å². The summed E-state index contributed by atoms with van der Waals surface area (Å²) in [5.74, 6) is -0.749. The third kappa shape index (κ3) is 7.45. The van der Waals surface area contributed by atoms with Crippen LogP contribution in [0.3, 0.4) is 0 Å². The lowest BCUT2D eigenvalue weighted by atomic mass is 10.1. The van der Waals surface area contributed by atoms with Crippen molar-refractivity contribution in [1.82, 2.24) is 10.2 Å². The molecule has 38 heavy (non-hydrogen) atoms. The number of nitrogens with zero attached hydrogens (tertiary/aromatic N) is 2. The molecule has 0 aliphatic heterocycles. The quantitative estimate of drug-likeness (QED) is 0.324. The van der Waals surface area contributed by atoms with Crippen molar-refractivity contribution in [3.8, 4) is 0 Å². The fourth-order valence-electron chi connectivity index (χ4n) is 4.05. The molecule has 1 atom stereocenters. The molecule has 0 heterocycles. The highest BCUT2D eigenvalue weighted by Crippen LogP contribution is 2.26. The summed E-state index contributed by atoms with van der Waals surface area (Å²) >= 11 is 3.39. The molecule has 9 heteroatoms. The van der Waals surface area contributed by atoms with E-state index in [9.17, 15) is 18.0 Å². The normalized spacial score (nSPS) is 12.2. The van der Waals surface area contributed by atoms with E-state index in [1.165, 1.54) is 17.0 Å². The predicted octanol–water partition coefficient (Wildman–Crippen LogP) is 5.28. The van der Waals surface area contributed by atoms with Gasteiger partial charge in [0.05, 0.1) is 10.6 Å². The van der Waals surface area contributed by atoms with Crippen molar-refractivity contribution in [3.05, 3.63) is 94.5 Å². The van der Waals surface area contributed by atoms with Gasteiger partial charge in [-0.05, 0) is 69.2 Å². The molecule has 0 saturated heterocycles. The van der Waals surface area contributed by atoms with Gasteiger partial charge in [-0.2, -0.15) is 0 Å². The lowest BCUT2D eigenvalue weighted by molar-refractivity contribution is -0.140. The van der Waals surface area contributed by atoms with Crippen molar-refractivity contribution >= 4 is 43.5 Å². The third-order valence-corrected chi connectivity index (χ3v) is 8.33. The molecule has 0 aromatic heterocycles. The van der Waals surface area contributed by atoms with Crippen LogP contribution in [-0.2, 0) is 26.2 Å². The number of halogens is 1. The van der Waals surface area contributed by atoms with Crippen molar-refractivity contribution in [1.29, 1.82) is 0 Å². The molecule has 0 fully saturated rings. The van der Waals surface area contributed by atoms with Crippen LogP contribution in [-0.4, -0.2) is 43.8 Å². The van der Waals surface area contributed by atoms with Gasteiger partial charge in [-0.3, -0.25) is 13.9 Å². The van der Waals surface area contributed by atoms with Crippen LogP contribution in [0.5, 0.6) is 0 Å². The Morgan fingerprint density at radius 1 is 0.921 bits per heavy atom. The van der Waals surface area contributed by atoms with Crippen LogP contribution in [0, 0.1) is 6.92 Å². The number of anilines is 1. The number of benzene rings is 3. The van der Waals surface area contributed by atoms with E-state index in [0.29, 0.717) is 12.1 Å². The van der Waals surface area contributed by atoms with Crippen molar-refractivity contribution < 1.29 is 18.0 Å². The van der Waals surface area contributed by atoms with Gasteiger partial charge in [0.25, 0.3) is 10.0 Å². The van der Waals surface area contributed by atoms with Crippen LogP contribution >= 0.6 is 15.9 Å². The second kappa shape index (κ2) is 13.1. The van der Waals surface area contributed by atoms with Crippen molar-refractivity contribution in [2.75, 3.05) is 10.8 Å². The van der Waals surface area contributed by atoms with Crippen molar-refractivity contribution in [2.45, 2.75) is 57.6 Å². The van der Waals surface area contributed by atoms with Crippen LogP contribution in [0.25, 0.3) is 0 Å². The highest BCUT2D eigenvalue weighted by Gasteiger charge is 2.33. The molecule has 7 nitrogen and oxygen atoms in total. The molecule has 3 aromatic carbocycles. The summed E-state index contributed by atoms with van der Waals surface area (Å²) in [6.07, 6.45) is 0.375. The molecule has 2 amide bonds. The number of carbonyl (C=O) groups excluding carboxylic acids is 2. The Morgan fingerprint density at radius 3 is 2.08 bits per heavy atom. The van der Waals surface area contributed by atoms with Gasteiger partial charge in [-0.15, -0.1) is 0 Å². The van der Waals surface area contributed by atoms with E-state index in [0.717, 1.165) is 19.9 Å². The van der Waals surface area contributed by atoms with Gasteiger partial charge in [0.2, 0.25) is 11.8 Å². The third-order valence-electron chi connectivity index (χ3n) is 6.02. The first kappa shape index (κ1) is 29.4. The number of aryl methyl sites for hydroxylation is 1. The first-order valence-corrected chi connectivity index (χ1v) is 14.7. The average molecular weight is 601 g/mol. The highest BCUT2D eigenvalue weighted by molar-refractivity contribution is 9.10. The minimum absolute atomic E-state index is 0.0815. The minimum Gasteiger partial charge on any atom is -0.352 e. The maximum absolute atomic E-state index is 14.0. The summed E-state index contributed by atoms with van der Waals surface area (Å²) in [7, 11) is -4.09. The predicted molar refractivity (Wildman–Crippen MR) is 154 cm³/mol. The van der Waals surface area contributed by atoms with E-state index in [1.54, 1.807) is 36.4 Å². The van der Waals surface area contributed by atoms with Crippen LogP contribution in [0.1, 0.15) is 38.3 Å². The van der Waals surface area contributed by atoms with Gasteiger partial charge < -0.3 is 10.2 Å². The number of rotatable bonds is 11. The molecular weight excluding hydrogens is 566 g/mol. The maximum atomic E-state index is 14.0. The lowest BCUT2D eigenvalue weighted by Gasteiger charge is -2.33. The number of hydrogen-bond acceptors (Lipinski definition) is 4. The Balaban J connectivity index is 2.04. The summed E-state index contributed by atoms with van der Waals surface area (Å²) in [5.41, 5.74) is 2.11. The molecular formula is C29H34BrN3O4S. The van der Waals surface area contributed by atoms with Gasteiger partial charge in [-0.25, -0.2) is 8.42 Å². The standard InChI is InChI=1S/C29H34BrN3O4S/c1-5-27(29(35)31-21(2)3)32(19-23-9-7-6-8-10-23)28(34)20-33(25-15-13-24(30)14-16-25)38(36,37)26-17-11-22(4)12-18-26/h6-18,21,27H,5,19-20H2,1-4H3,(H,31,35). The molecule has 3 aromatic rings. The summed E-state index contributed by atoms with van der Waals surface area (Å²) in [5, 5.41) is 2.90. The number of amides is 2. The molecule has 0 aliphatic carbocycles. The van der Waals surface area contributed by atoms with E-state index in [2.05, 4.69) is 21.2 Å². The highest BCUT2D eigenvalue weighted by atomic mass is 79.9. The lowest BCUT2D eigenvalue weighted by Crippen LogP contribution is -2.53. The molecule has 0 bridgehead atoms. The Labute approximate surface area is 234 Å². The van der Waals surface area contributed by atoms with Gasteiger partial charge in [-0.1, -0.05) is 70.9 Å². The number of nitrogens with one attached hydrogen (secondary N) is 1. The molecule has 0 saturated carbocycles. The monoisotopic (exact) mass is 599 g/mol. The fourth-order valence-corrected chi connectivity index (χ4v) is 5.73. The number of sulfonamides is 1. The number of hydrogen-bond donors (Lipinski definition) is 1. The van der Waals surface area contributed by atoms with Crippen LogP contribution in [0.15, 0.2) is 88.2 Å². The zero-order valence-electron chi connectivity index (χ0n) is 22.1. The summed E-state index contributed by atoms with van der Waals surface area (Å²) in [6, 6.07) is 21.8. The Kier molecular flexibility index (Phi) is 10.1. The SMILES string of the molecule is CCC(C(=O)NC(C)C)N(Cc1ccccc1)C(=O)CN(c1ccc(Br)cc1)S(=O)(=O)c1ccc(C)cc1. The zero-order valence-corrected chi connectivity index (χ0v) is 24.5. The van der Waals surface area contributed by atoms with Gasteiger partial charge >= 0.3 is 0 Å². The minimum atomic E-state index is -4.09. The van der Waals surface area contributed by atoms with Crippen LogP contribution < -0.4 is 9.62 Å².